The summed E-state index contributed by atoms with van der Waals surface area (Å²) in [5.41, 5.74) is 0.691. The zero-order valence-corrected chi connectivity index (χ0v) is 14.4. The molecule has 2 unspecified atom stereocenters. The fourth-order valence-electron chi connectivity index (χ4n) is 2.19. The molecule has 1 N–H and O–H groups in total. The minimum atomic E-state index is -0.492. The standard InChI is InChI=1S/C18H25N3O2/c1-13(17(22)23-18(3,4)5)19-16-11-12-21(20-16)14(2)15-9-7-6-8-10-15/h6-14H,1-5H3,(H,19,20). The monoisotopic (exact) mass is 315 g/mol. The normalized spacial score (nSPS) is 14.1. The maximum atomic E-state index is 12.0. The van der Waals surface area contributed by atoms with Gasteiger partial charge in [-0.15, -0.1) is 0 Å². The molecule has 5 heteroatoms. The summed E-state index contributed by atoms with van der Waals surface area (Å²) in [6.45, 7) is 9.42. The van der Waals surface area contributed by atoms with Gasteiger partial charge in [0.05, 0.1) is 6.04 Å². The van der Waals surface area contributed by atoms with E-state index in [0.29, 0.717) is 5.82 Å². The van der Waals surface area contributed by atoms with Crippen LogP contribution in [0.4, 0.5) is 5.82 Å². The first-order valence-electron chi connectivity index (χ1n) is 7.86. The molecule has 0 spiro atoms. The maximum absolute atomic E-state index is 12.0. The molecular weight excluding hydrogens is 290 g/mol. The van der Waals surface area contributed by atoms with Crippen molar-refractivity contribution in [3.63, 3.8) is 0 Å². The van der Waals surface area contributed by atoms with Gasteiger partial charge in [-0.3, -0.25) is 4.68 Å². The quantitative estimate of drug-likeness (QED) is 0.856. The molecule has 2 aromatic rings. The Morgan fingerprint density at radius 3 is 2.43 bits per heavy atom. The van der Waals surface area contributed by atoms with Crippen LogP contribution in [0.25, 0.3) is 0 Å². The van der Waals surface area contributed by atoms with Crippen molar-refractivity contribution in [3.8, 4) is 0 Å². The molecule has 1 heterocycles. The number of ether oxygens (including phenoxy) is 1. The van der Waals surface area contributed by atoms with Crippen LogP contribution in [-0.4, -0.2) is 27.4 Å². The Hall–Kier alpha value is -2.30. The summed E-state index contributed by atoms with van der Waals surface area (Å²) in [7, 11) is 0. The van der Waals surface area contributed by atoms with E-state index in [-0.39, 0.29) is 12.0 Å². The molecule has 0 radical (unpaired) electrons. The van der Waals surface area contributed by atoms with E-state index < -0.39 is 11.6 Å². The number of hydrogen-bond acceptors (Lipinski definition) is 4. The minimum absolute atomic E-state index is 0.128. The predicted octanol–water partition coefficient (Wildman–Crippen LogP) is 3.63. The third kappa shape index (κ3) is 4.84. The van der Waals surface area contributed by atoms with Gasteiger partial charge in [0.25, 0.3) is 0 Å². The van der Waals surface area contributed by atoms with Crippen LogP contribution >= 0.6 is 0 Å². The fourth-order valence-corrected chi connectivity index (χ4v) is 2.19. The summed E-state index contributed by atoms with van der Waals surface area (Å²) in [6, 6.07) is 11.7. The molecule has 0 saturated carbocycles. The van der Waals surface area contributed by atoms with Crippen LogP contribution in [0.3, 0.4) is 0 Å². The highest BCUT2D eigenvalue weighted by molar-refractivity contribution is 5.78. The molecule has 2 rings (SSSR count). The molecule has 0 bridgehead atoms. The van der Waals surface area contributed by atoms with Gasteiger partial charge in [-0.05, 0) is 40.2 Å². The zero-order chi connectivity index (χ0) is 17.0. The Kier molecular flexibility index (Phi) is 5.08. The third-order valence-corrected chi connectivity index (χ3v) is 3.41. The number of esters is 1. The lowest BCUT2D eigenvalue weighted by Crippen LogP contribution is -2.34. The van der Waals surface area contributed by atoms with E-state index in [4.69, 9.17) is 4.74 Å². The van der Waals surface area contributed by atoms with Crippen LogP contribution in [0.1, 0.15) is 46.2 Å². The number of benzene rings is 1. The van der Waals surface area contributed by atoms with E-state index in [1.807, 2.05) is 55.9 Å². The van der Waals surface area contributed by atoms with Crippen molar-refractivity contribution in [2.24, 2.45) is 0 Å². The molecule has 23 heavy (non-hydrogen) atoms. The first-order valence-corrected chi connectivity index (χ1v) is 7.86. The first-order chi connectivity index (χ1) is 10.8. The van der Waals surface area contributed by atoms with Gasteiger partial charge in [0, 0.05) is 12.3 Å². The summed E-state index contributed by atoms with van der Waals surface area (Å²) in [4.78, 5) is 12.0. The second-order valence-electron chi connectivity index (χ2n) is 6.67. The van der Waals surface area contributed by atoms with Gasteiger partial charge in [0.1, 0.15) is 17.5 Å². The van der Waals surface area contributed by atoms with Crippen LogP contribution in [-0.2, 0) is 9.53 Å². The second-order valence-corrected chi connectivity index (χ2v) is 6.67. The lowest BCUT2D eigenvalue weighted by molar-refractivity contribution is -0.155. The average Bonchev–Trinajstić information content (AvgIpc) is 2.94. The smallest absolute Gasteiger partial charge is 0.328 e. The molecule has 0 aliphatic carbocycles. The Balaban J connectivity index is 2.01. The van der Waals surface area contributed by atoms with E-state index in [0.717, 1.165) is 0 Å². The third-order valence-electron chi connectivity index (χ3n) is 3.41. The number of nitrogens with one attached hydrogen (secondary N) is 1. The highest BCUT2D eigenvalue weighted by Crippen LogP contribution is 2.18. The lowest BCUT2D eigenvalue weighted by atomic mass is 10.1. The highest BCUT2D eigenvalue weighted by atomic mass is 16.6. The summed E-state index contributed by atoms with van der Waals surface area (Å²) in [6.07, 6.45) is 1.90. The highest BCUT2D eigenvalue weighted by Gasteiger charge is 2.22. The van der Waals surface area contributed by atoms with Crippen molar-refractivity contribution in [3.05, 3.63) is 48.2 Å². The van der Waals surface area contributed by atoms with Gasteiger partial charge >= 0.3 is 5.97 Å². The zero-order valence-electron chi connectivity index (χ0n) is 14.4. The summed E-state index contributed by atoms with van der Waals surface area (Å²) < 4.78 is 7.23. The molecule has 1 aromatic heterocycles. The molecule has 2 atom stereocenters. The van der Waals surface area contributed by atoms with E-state index >= 15 is 0 Å². The van der Waals surface area contributed by atoms with Gasteiger partial charge in [-0.2, -0.15) is 5.10 Å². The average molecular weight is 315 g/mol. The van der Waals surface area contributed by atoms with Gasteiger partial charge in [-0.25, -0.2) is 4.79 Å². The van der Waals surface area contributed by atoms with E-state index in [2.05, 4.69) is 29.5 Å². The molecule has 0 fully saturated rings. The number of rotatable bonds is 5. The van der Waals surface area contributed by atoms with Crippen LogP contribution < -0.4 is 5.32 Å². The van der Waals surface area contributed by atoms with Crippen molar-refractivity contribution in [2.75, 3.05) is 5.32 Å². The minimum Gasteiger partial charge on any atom is -0.458 e. The van der Waals surface area contributed by atoms with Crippen LogP contribution in [0, 0.1) is 0 Å². The van der Waals surface area contributed by atoms with Crippen molar-refractivity contribution in [2.45, 2.75) is 52.3 Å². The Morgan fingerprint density at radius 2 is 1.83 bits per heavy atom. The first kappa shape index (κ1) is 17.1. The Morgan fingerprint density at radius 1 is 1.17 bits per heavy atom. The number of nitrogens with zero attached hydrogens (tertiary/aromatic N) is 2. The molecule has 124 valence electrons. The summed E-state index contributed by atoms with van der Waals surface area (Å²) >= 11 is 0. The van der Waals surface area contributed by atoms with Crippen LogP contribution in [0.2, 0.25) is 0 Å². The lowest BCUT2D eigenvalue weighted by Gasteiger charge is -2.22. The molecule has 0 saturated heterocycles. The molecule has 0 amide bonds. The largest absolute Gasteiger partial charge is 0.458 e. The topological polar surface area (TPSA) is 56.2 Å². The predicted molar refractivity (Wildman–Crippen MR) is 91.4 cm³/mol. The molecule has 1 aromatic carbocycles. The van der Waals surface area contributed by atoms with Gasteiger partial charge in [0.2, 0.25) is 0 Å². The molecule has 0 aliphatic heterocycles. The molecular formula is C18H25N3O2. The molecule has 0 aliphatic rings. The number of carbonyl (C=O) groups excluding carboxylic acids is 1. The number of anilines is 1. The van der Waals surface area contributed by atoms with Crippen molar-refractivity contribution in [1.82, 2.24) is 9.78 Å². The van der Waals surface area contributed by atoms with E-state index in [9.17, 15) is 4.79 Å². The van der Waals surface area contributed by atoms with Crippen LogP contribution in [0.15, 0.2) is 42.6 Å². The summed E-state index contributed by atoms with van der Waals surface area (Å²) in [5, 5.41) is 7.59. The van der Waals surface area contributed by atoms with E-state index in [1.165, 1.54) is 5.56 Å². The number of hydrogen-bond donors (Lipinski definition) is 1. The van der Waals surface area contributed by atoms with Crippen molar-refractivity contribution in [1.29, 1.82) is 0 Å². The van der Waals surface area contributed by atoms with Gasteiger partial charge < -0.3 is 10.1 Å². The van der Waals surface area contributed by atoms with Gasteiger partial charge in [0.15, 0.2) is 0 Å². The number of aromatic nitrogens is 2. The maximum Gasteiger partial charge on any atom is 0.328 e. The van der Waals surface area contributed by atoms with E-state index in [1.54, 1.807) is 6.92 Å². The fraction of sp³-hybridized carbons (Fsp3) is 0.444. The summed E-state index contributed by atoms with van der Waals surface area (Å²) in [5.74, 6) is 0.370. The van der Waals surface area contributed by atoms with Crippen molar-refractivity contribution >= 4 is 11.8 Å². The van der Waals surface area contributed by atoms with Gasteiger partial charge in [-0.1, -0.05) is 30.3 Å². The Bertz CT molecular complexity index is 644. The Labute approximate surface area is 137 Å². The number of carbonyl (C=O) groups is 1. The SMILES string of the molecule is CC(Nc1ccn(C(C)c2ccccc2)n1)C(=O)OC(C)(C)C. The molecule has 5 nitrogen and oxygen atoms in total. The second kappa shape index (κ2) is 6.86. The van der Waals surface area contributed by atoms with Crippen molar-refractivity contribution < 1.29 is 9.53 Å². The van der Waals surface area contributed by atoms with Crippen LogP contribution in [0.5, 0.6) is 0 Å².